The molecule has 2 aromatic rings. The first-order valence-corrected chi connectivity index (χ1v) is 6.77. The van der Waals surface area contributed by atoms with Crippen LogP contribution in [-0.4, -0.2) is 24.5 Å². The fourth-order valence-electron chi connectivity index (χ4n) is 2.16. The predicted octanol–water partition coefficient (Wildman–Crippen LogP) is 3.39. The molecule has 0 aliphatic heterocycles. The molecular weight excluding hydrogens is 252 g/mol. The van der Waals surface area contributed by atoms with Crippen LogP contribution in [0, 0.1) is 6.92 Å². The minimum absolute atomic E-state index is 0.0239. The molecule has 0 spiro atoms. The fraction of sp³-hybridized carbons (Fsp3) is 0.312. The average molecular weight is 272 g/mol. The van der Waals surface area contributed by atoms with Crippen LogP contribution in [0.4, 0.5) is 5.69 Å². The van der Waals surface area contributed by atoms with Gasteiger partial charge in [-0.25, -0.2) is 0 Å². The van der Waals surface area contributed by atoms with E-state index in [0.29, 0.717) is 12.1 Å². The topological polar surface area (TPSA) is 45.3 Å². The minimum Gasteiger partial charge on any atom is -0.497 e. The summed E-state index contributed by atoms with van der Waals surface area (Å²) in [5.74, 6) is 0.811. The van der Waals surface area contributed by atoms with Gasteiger partial charge in [0.05, 0.1) is 12.7 Å². The average Bonchev–Trinajstić information content (AvgIpc) is 2.90. The number of aryl methyl sites for hydroxylation is 1. The van der Waals surface area contributed by atoms with Crippen molar-refractivity contribution in [1.82, 2.24) is 4.98 Å². The number of nitrogens with zero attached hydrogens (tertiary/aromatic N) is 1. The van der Waals surface area contributed by atoms with E-state index in [0.717, 1.165) is 23.6 Å². The summed E-state index contributed by atoms with van der Waals surface area (Å²) in [6.45, 7) is 4.66. The number of carbonyl (C=O) groups excluding carboxylic acids is 1. The number of carbonyl (C=O) groups is 1. The van der Waals surface area contributed by atoms with E-state index in [1.165, 1.54) is 0 Å². The van der Waals surface area contributed by atoms with Gasteiger partial charge in [-0.15, -0.1) is 0 Å². The Morgan fingerprint density at radius 3 is 2.45 bits per heavy atom. The Labute approximate surface area is 119 Å². The molecular formula is C16H20N2O2. The van der Waals surface area contributed by atoms with E-state index in [4.69, 9.17) is 4.74 Å². The Balaban J connectivity index is 2.30. The summed E-state index contributed by atoms with van der Waals surface area (Å²) >= 11 is 0. The van der Waals surface area contributed by atoms with Crippen molar-refractivity contribution in [3.8, 4) is 5.75 Å². The van der Waals surface area contributed by atoms with Crippen molar-refractivity contribution in [2.75, 3.05) is 18.6 Å². The minimum atomic E-state index is 0.0239. The maximum absolute atomic E-state index is 12.6. The number of hydrogen-bond donors (Lipinski definition) is 1. The lowest BCUT2D eigenvalue weighted by Gasteiger charge is -2.22. The van der Waals surface area contributed by atoms with Gasteiger partial charge >= 0.3 is 0 Å². The maximum atomic E-state index is 12.6. The van der Waals surface area contributed by atoms with Gasteiger partial charge in [0.15, 0.2) is 0 Å². The number of benzene rings is 1. The summed E-state index contributed by atoms with van der Waals surface area (Å²) < 4.78 is 5.15. The van der Waals surface area contributed by atoms with E-state index >= 15 is 0 Å². The van der Waals surface area contributed by atoms with Gasteiger partial charge < -0.3 is 14.6 Å². The van der Waals surface area contributed by atoms with Gasteiger partial charge in [-0.1, -0.05) is 6.92 Å². The standard InChI is InChI=1S/C16H20N2O2/c1-4-11-18(13-5-7-14(20-3)8-6-13)16(19)15-9-10-17-12(15)2/h5-10,17H,4,11H2,1-3H3. The van der Waals surface area contributed by atoms with Crippen LogP contribution in [0.2, 0.25) is 0 Å². The summed E-state index contributed by atoms with van der Waals surface area (Å²) in [5, 5.41) is 0. The highest BCUT2D eigenvalue weighted by Crippen LogP contribution is 2.22. The number of rotatable bonds is 5. The zero-order chi connectivity index (χ0) is 14.5. The molecule has 106 valence electrons. The largest absolute Gasteiger partial charge is 0.497 e. The van der Waals surface area contributed by atoms with Crippen molar-refractivity contribution in [1.29, 1.82) is 0 Å². The predicted molar refractivity (Wildman–Crippen MR) is 80.5 cm³/mol. The van der Waals surface area contributed by atoms with Gasteiger partial charge in [-0.05, 0) is 43.7 Å². The highest BCUT2D eigenvalue weighted by molar-refractivity contribution is 6.06. The molecule has 4 nitrogen and oxygen atoms in total. The number of nitrogens with one attached hydrogen (secondary N) is 1. The summed E-state index contributed by atoms with van der Waals surface area (Å²) in [7, 11) is 1.63. The van der Waals surface area contributed by atoms with E-state index in [1.807, 2.05) is 37.3 Å². The van der Waals surface area contributed by atoms with Gasteiger partial charge in [0, 0.05) is 24.1 Å². The Morgan fingerprint density at radius 2 is 1.95 bits per heavy atom. The first-order valence-electron chi connectivity index (χ1n) is 6.77. The van der Waals surface area contributed by atoms with Gasteiger partial charge in [-0.3, -0.25) is 4.79 Å². The zero-order valence-corrected chi connectivity index (χ0v) is 12.1. The Morgan fingerprint density at radius 1 is 1.25 bits per heavy atom. The Bertz CT molecular complexity index is 572. The van der Waals surface area contributed by atoms with E-state index in [9.17, 15) is 4.79 Å². The first-order chi connectivity index (χ1) is 9.67. The normalized spacial score (nSPS) is 10.3. The number of aromatic amines is 1. The maximum Gasteiger partial charge on any atom is 0.260 e. The second kappa shape index (κ2) is 6.28. The molecule has 0 radical (unpaired) electrons. The van der Waals surface area contributed by atoms with Gasteiger partial charge in [0.1, 0.15) is 5.75 Å². The number of aromatic nitrogens is 1. The van der Waals surface area contributed by atoms with Crippen LogP contribution in [-0.2, 0) is 0 Å². The molecule has 0 unspecified atom stereocenters. The van der Waals surface area contributed by atoms with Gasteiger partial charge in [0.2, 0.25) is 0 Å². The van der Waals surface area contributed by atoms with Crippen LogP contribution in [0.5, 0.6) is 5.75 Å². The van der Waals surface area contributed by atoms with Crippen LogP contribution < -0.4 is 9.64 Å². The van der Waals surface area contributed by atoms with Crippen molar-refractivity contribution < 1.29 is 9.53 Å². The van der Waals surface area contributed by atoms with E-state index in [1.54, 1.807) is 18.2 Å². The smallest absolute Gasteiger partial charge is 0.260 e. The second-order valence-electron chi connectivity index (χ2n) is 4.67. The molecule has 1 heterocycles. The summed E-state index contributed by atoms with van der Waals surface area (Å²) in [6, 6.07) is 9.39. The molecule has 1 aromatic carbocycles. The SMILES string of the molecule is CCCN(C(=O)c1cc[nH]c1C)c1ccc(OC)cc1. The zero-order valence-electron chi connectivity index (χ0n) is 12.1. The highest BCUT2D eigenvalue weighted by atomic mass is 16.5. The molecule has 1 aromatic heterocycles. The van der Waals surface area contributed by atoms with E-state index < -0.39 is 0 Å². The summed E-state index contributed by atoms with van der Waals surface area (Å²) in [5.41, 5.74) is 2.50. The molecule has 0 aliphatic carbocycles. The first kappa shape index (κ1) is 14.2. The number of amides is 1. The third-order valence-corrected chi connectivity index (χ3v) is 3.26. The van der Waals surface area contributed by atoms with Crippen molar-refractivity contribution in [2.45, 2.75) is 20.3 Å². The monoisotopic (exact) mass is 272 g/mol. The molecule has 0 saturated heterocycles. The lowest BCUT2D eigenvalue weighted by molar-refractivity contribution is 0.0986. The third-order valence-electron chi connectivity index (χ3n) is 3.26. The van der Waals surface area contributed by atoms with Crippen LogP contribution in [0.15, 0.2) is 36.5 Å². The van der Waals surface area contributed by atoms with Crippen molar-refractivity contribution in [2.24, 2.45) is 0 Å². The highest BCUT2D eigenvalue weighted by Gasteiger charge is 2.19. The molecule has 0 atom stereocenters. The third kappa shape index (κ3) is 2.85. The lowest BCUT2D eigenvalue weighted by Crippen LogP contribution is -2.31. The van der Waals surface area contributed by atoms with Crippen LogP contribution >= 0.6 is 0 Å². The number of hydrogen-bond acceptors (Lipinski definition) is 2. The quantitative estimate of drug-likeness (QED) is 0.906. The summed E-state index contributed by atoms with van der Waals surface area (Å²) in [4.78, 5) is 17.5. The van der Waals surface area contributed by atoms with E-state index in [-0.39, 0.29) is 5.91 Å². The number of anilines is 1. The molecule has 1 N–H and O–H groups in total. The summed E-state index contributed by atoms with van der Waals surface area (Å²) in [6.07, 6.45) is 2.70. The van der Waals surface area contributed by atoms with Crippen molar-refractivity contribution >= 4 is 11.6 Å². The van der Waals surface area contributed by atoms with Crippen LogP contribution in [0.3, 0.4) is 0 Å². The van der Waals surface area contributed by atoms with Crippen molar-refractivity contribution in [3.05, 3.63) is 47.8 Å². The lowest BCUT2D eigenvalue weighted by atomic mass is 10.2. The van der Waals surface area contributed by atoms with Gasteiger partial charge in [-0.2, -0.15) is 0 Å². The Hall–Kier alpha value is -2.23. The molecule has 0 fully saturated rings. The fourth-order valence-corrected chi connectivity index (χ4v) is 2.16. The molecule has 2 rings (SSSR count). The molecule has 1 amide bonds. The number of H-pyrrole nitrogens is 1. The van der Waals surface area contributed by atoms with Crippen LogP contribution in [0.1, 0.15) is 29.4 Å². The molecule has 0 bridgehead atoms. The van der Waals surface area contributed by atoms with Gasteiger partial charge in [0.25, 0.3) is 5.91 Å². The van der Waals surface area contributed by atoms with E-state index in [2.05, 4.69) is 11.9 Å². The molecule has 0 saturated carbocycles. The molecule has 0 aliphatic rings. The van der Waals surface area contributed by atoms with Crippen LogP contribution in [0.25, 0.3) is 0 Å². The Kier molecular flexibility index (Phi) is 4.45. The number of methoxy groups -OCH3 is 1. The molecule has 4 heteroatoms. The molecule has 20 heavy (non-hydrogen) atoms. The van der Waals surface area contributed by atoms with Crippen molar-refractivity contribution in [3.63, 3.8) is 0 Å². The second-order valence-corrected chi connectivity index (χ2v) is 4.67. The number of ether oxygens (including phenoxy) is 1.